The van der Waals surface area contributed by atoms with Crippen molar-refractivity contribution in [3.8, 4) is 5.75 Å². The first-order valence-corrected chi connectivity index (χ1v) is 12.0. The van der Waals surface area contributed by atoms with Gasteiger partial charge in [-0.15, -0.1) is 0 Å². The topological polar surface area (TPSA) is 59.1 Å². The summed E-state index contributed by atoms with van der Waals surface area (Å²) in [4.78, 5) is 8.02. The van der Waals surface area contributed by atoms with Gasteiger partial charge in [-0.1, -0.05) is 58.2 Å². The molecular formula is C27H33F3N4O. The quantitative estimate of drug-likeness (QED) is 0.253. The third kappa shape index (κ3) is 8.46. The third-order valence-corrected chi connectivity index (χ3v) is 5.31. The Bertz CT molecular complexity index is 1070. The number of nitrogens with one attached hydrogen (secondary N) is 2. The number of nitrogens with zero attached hydrogens (tertiary/aromatic N) is 2. The Labute approximate surface area is 205 Å². The summed E-state index contributed by atoms with van der Waals surface area (Å²) in [6, 6.07) is 14.6. The summed E-state index contributed by atoms with van der Waals surface area (Å²) in [5.74, 6) is 0.867. The summed E-state index contributed by atoms with van der Waals surface area (Å²) in [7, 11) is 0. The highest BCUT2D eigenvalue weighted by Gasteiger charge is 2.35. The van der Waals surface area contributed by atoms with E-state index in [0.29, 0.717) is 29.6 Å². The monoisotopic (exact) mass is 486 g/mol. The number of halogens is 3. The van der Waals surface area contributed by atoms with Gasteiger partial charge in [-0.05, 0) is 48.6 Å². The lowest BCUT2D eigenvalue weighted by Gasteiger charge is -2.16. The molecule has 0 bridgehead atoms. The van der Waals surface area contributed by atoms with Crippen LogP contribution in [0.2, 0.25) is 0 Å². The molecule has 1 aromatic heterocycles. The molecule has 3 aromatic rings. The number of aromatic nitrogens is 2. The molecule has 0 spiro atoms. The van der Waals surface area contributed by atoms with Crippen molar-refractivity contribution < 1.29 is 17.9 Å². The normalized spacial score (nSPS) is 11.5. The zero-order chi connectivity index (χ0) is 25.3. The predicted molar refractivity (Wildman–Crippen MR) is 135 cm³/mol. The highest BCUT2D eigenvalue weighted by molar-refractivity contribution is 5.64. The van der Waals surface area contributed by atoms with Gasteiger partial charge in [0, 0.05) is 23.6 Å². The van der Waals surface area contributed by atoms with Crippen LogP contribution < -0.4 is 15.4 Å². The Balaban J connectivity index is 1.75. The van der Waals surface area contributed by atoms with Crippen molar-refractivity contribution in [1.29, 1.82) is 0 Å². The van der Waals surface area contributed by atoms with E-state index < -0.39 is 11.7 Å². The van der Waals surface area contributed by atoms with E-state index in [1.54, 1.807) is 24.3 Å². The fraction of sp³-hybridized carbons (Fsp3) is 0.407. The van der Waals surface area contributed by atoms with E-state index >= 15 is 0 Å². The van der Waals surface area contributed by atoms with Crippen LogP contribution in [0.3, 0.4) is 0 Å². The van der Waals surface area contributed by atoms with Crippen LogP contribution in [-0.4, -0.2) is 16.6 Å². The molecule has 0 fully saturated rings. The van der Waals surface area contributed by atoms with Crippen molar-refractivity contribution in [1.82, 2.24) is 9.97 Å². The fourth-order valence-electron chi connectivity index (χ4n) is 3.59. The number of hydrogen-bond donors (Lipinski definition) is 2. The van der Waals surface area contributed by atoms with Crippen molar-refractivity contribution >= 4 is 23.1 Å². The molecule has 0 aliphatic rings. The number of rotatable bonds is 12. The van der Waals surface area contributed by atoms with Crippen LogP contribution in [-0.2, 0) is 12.6 Å². The maximum absolute atomic E-state index is 13.6. The SMILES string of the molecule is CCCCCCOc1cccc(Nc2nc(Nc3ccc(CC(C)C)cc3)ncc2C(F)(F)F)c1. The zero-order valence-corrected chi connectivity index (χ0v) is 20.5. The van der Waals surface area contributed by atoms with Gasteiger partial charge in [0.05, 0.1) is 6.61 Å². The Morgan fingerprint density at radius 1 is 0.943 bits per heavy atom. The van der Waals surface area contributed by atoms with Gasteiger partial charge in [0.15, 0.2) is 0 Å². The van der Waals surface area contributed by atoms with Crippen LogP contribution in [0.5, 0.6) is 5.75 Å². The van der Waals surface area contributed by atoms with Gasteiger partial charge >= 0.3 is 6.18 Å². The molecule has 1 heterocycles. The molecule has 5 nitrogen and oxygen atoms in total. The lowest BCUT2D eigenvalue weighted by atomic mass is 10.0. The van der Waals surface area contributed by atoms with E-state index in [1.807, 2.05) is 24.3 Å². The largest absolute Gasteiger partial charge is 0.494 e. The Morgan fingerprint density at radius 3 is 2.40 bits per heavy atom. The molecule has 0 amide bonds. The molecule has 2 N–H and O–H groups in total. The minimum atomic E-state index is -4.60. The highest BCUT2D eigenvalue weighted by atomic mass is 19.4. The Kier molecular flexibility index (Phi) is 9.34. The van der Waals surface area contributed by atoms with Crippen LogP contribution in [0, 0.1) is 5.92 Å². The van der Waals surface area contributed by atoms with Crippen LogP contribution in [0.4, 0.5) is 36.3 Å². The van der Waals surface area contributed by atoms with Gasteiger partial charge < -0.3 is 15.4 Å². The number of anilines is 4. The second-order valence-corrected chi connectivity index (χ2v) is 8.94. The number of alkyl halides is 3. The minimum absolute atomic E-state index is 0.0699. The number of benzene rings is 2. The molecule has 0 saturated heterocycles. The van der Waals surface area contributed by atoms with E-state index in [1.165, 1.54) is 5.56 Å². The summed E-state index contributed by atoms with van der Waals surface area (Å²) in [6.45, 7) is 7.00. The molecule has 8 heteroatoms. The van der Waals surface area contributed by atoms with E-state index in [9.17, 15) is 13.2 Å². The van der Waals surface area contributed by atoms with Crippen molar-refractivity contribution in [3.63, 3.8) is 0 Å². The second-order valence-electron chi connectivity index (χ2n) is 8.94. The van der Waals surface area contributed by atoms with Crippen molar-refractivity contribution in [2.24, 2.45) is 5.92 Å². The van der Waals surface area contributed by atoms with Crippen LogP contribution in [0.15, 0.2) is 54.7 Å². The average Bonchev–Trinajstić information content (AvgIpc) is 2.79. The van der Waals surface area contributed by atoms with Gasteiger partial charge in [-0.25, -0.2) is 4.98 Å². The zero-order valence-electron chi connectivity index (χ0n) is 20.5. The first kappa shape index (κ1) is 26.3. The fourth-order valence-corrected chi connectivity index (χ4v) is 3.59. The smallest absolute Gasteiger partial charge is 0.421 e. The number of unbranched alkanes of at least 4 members (excludes halogenated alkanes) is 3. The first-order chi connectivity index (χ1) is 16.7. The van der Waals surface area contributed by atoms with Crippen LogP contribution in [0.25, 0.3) is 0 Å². The van der Waals surface area contributed by atoms with Gasteiger partial charge in [-0.2, -0.15) is 18.2 Å². The lowest BCUT2D eigenvalue weighted by Crippen LogP contribution is -2.12. The minimum Gasteiger partial charge on any atom is -0.494 e. The lowest BCUT2D eigenvalue weighted by molar-refractivity contribution is -0.137. The van der Waals surface area contributed by atoms with Gasteiger partial charge in [0.2, 0.25) is 5.95 Å². The van der Waals surface area contributed by atoms with Gasteiger partial charge in [0.25, 0.3) is 0 Å². The Hall–Kier alpha value is -3.29. The molecule has 0 aliphatic heterocycles. The molecule has 0 unspecified atom stereocenters. The summed E-state index contributed by atoms with van der Waals surface area (Å²) in [5.41, 5.74) is 1.39. The van der Waals surface area contributed by atoms with Crippen LogP contribution in [0.1, 0.15) is 57.6 Å². The molecular weight excluding hydrogens is 453 g/mol. The van der Waals surface area contributed by atoms with Gasteiger partial charge in [0.1, 0.15) is 17.1 Å². The van der Waals surface area contributed by atoms with E-state index in [2.05, 4.69) is 41.4 Å². The summed E-state index contributed by atoms with van der Waals surface area (Å²) in [6.07, 6.45) is 1.44. The van der Waals surface area contributed by atoms with E-state index in [4.69, 9.17) is 4.74 Å². The maximum atomic E-state index is 13.6. The van der Waals surface area contributed by atoms with Crippen molar-refractivity contribution in [3.05, 3.63) is 65.9 Å². The van der Waals surface area contributed by atoms with E-state index in [-0.39, 0.29) is 11.8 Å². The van der Waals surface area contributed by atoms with Crippen molar-refractivity contribution in [2.75, 3.05) is 17.2 Å². The maximum Gasteiger partial charge on any atom is 0.421 e. The van der Waals surface area contributed by atoms with E-state index in [0.717, 1.165) is 38.3 Å². The second kappa shape index (κ2) is 12.4. The predicted octanol–water partition coefficient (Wildman–Crippen LogP) is 8.14. The molecule has 0 atom stereocenters. The highest BCUT2D eigenvalue weighted by Crippen LogP contribution is 2.35. The summed E-state index contributed by atoms with van der Waals surface area (Å²) in [5, 5.41) is 5.79. The molecule has 0 aliphatic carbocycles. The average molecular weight is 487 g/mol. The molecule has 35 heavy (non-hydrogen) atoms. The number of ether oxygens (including phenoxy) is 1. The van der Waals surface area contributed by atoms with Gasteiger partial charge in [-0.3, -0.25) is 0 Å². The molecule has 2 aromatic carbocycles. The summed E-state index contributed by atoms with van der Waals surface area (Å²) < 4.78 is 46.7. The first-order valence-electron chi connectivity index (χ1n) is 12.0. The molecule has 188 valence electrons. The molecule has 0 saturated carbocycles. The summed E-state index contributed by atoms with van der Waals surface area (Å²) >= 11 is 0. The standard InChI is InChI=1S/C27H33F3N4O/c1-4-5-6-7-15-35-23-10-8-9-22(17-23)32-25-24(27(28,29)30)18-31-26(34-25)33-21-13-11-20(12-14-21)16-19(2)3/h8-14,17-19H,4-7,15-16H2,1-3H3,(H2,31,32,33,34). The third-order valence-electron chi connectivity index (χ3n) is 5.31. The van der Waals surface area contributed by atoms with Crippen LogP contribution >= 0.6 is 0 Å². The molecule has 0 radical (unpaired) electrons. The number of hydrogen-bond acceptors (Lipinski definition) is 5. The Morgan fingerprint density at radius 2 is 1.71 bits per heavy atom. The van der Waals surface area contributed by atoms with Crippen molar-refractivity contribution in [2.45, 2.75) is 59.1 Å². The molecule has 3 rings (SSSR count).